The molecule has 2 heterocycles. The van der Waals surface area contributed by atoms with E-state index in [-0.39, 0.29) is 11.8 Å². The van der Waals surface area contributed by atoms with Crippen molar-refractivity contribution < 1.29 is 14.3 Å². The lowest BCUT2D eigenvalue weighted by Gasteiger charge is -2.35. The van der Waals surface area contributed by atoms with Crippen molar-refractivity contribution >= 4 is 17.5 Å². The second-order valence-corrected chi connectivity index (χ2v) is 7.15. The molecule has 2 amide bonds. The Hall–Kier alpha value is -1.96. The molecule has 27 heavy (non-hydrogen) atoms. The predicted molar refractivity (Wildman–Crippen MR) is 105 cm³/mol. The highest BCUT2D eigenvalue weighted by Gasteiger charge is 2.23. The van der Waals surface area contributed by atoms with Gasteiger partial charge in [-0.3, -0.25) is 19.4 Å². The van der Waals surface area contributed by atoms with E-state index in [9.17, 15) is 9.59 Å². The van der Waals surface area contributed by atoms with Gasteiger partial charge < -0.3 is 15.0 Å². The van der Waals surface area contributed by atoms with Crippen molar-refractivity contribution in [1.82, 2.24) is 14.7 Å². The number of benzene rings is 1. The lowest BCUT2D eigenvalue weighted by atomic mass is 10.1. The first kappa shape index (κ1) is 19.8. The number of hydrogen-bond donors (Lipinski definition) is 1. The van der Waals surface area contributed by atoms with Gasteiger partial charge in [-0.2, -0.15) is 0 Å². The van der Waals surface area contributed by atoms with Crippen LogP contribution in [0.2, 0.25) is 0 Å². The average Bonchev–Trinajstić information content (AvgIpc) is 2.70. The van der Waals surface area contributed by atoms with Gasteiger partial charge in [0.2, 0.25) is 11.8 Å². The standard InChI is InChI=1S/C20H30N4O3/c1-2-17-4-3-5-18(14-17)21-19(25)15-22-6-8-23(9-7-22)16-20(26)24-10-12-27-13-11-24/h3-5,14H,2,6-13,15-16H2,1H3,(H,21,25). The van der Waals surface area contributed by atoms with Crippen LogP contribution in [0.5, 0.6) is 0 Å². The Kier molecular flexibility index (Phi) is 7.20. The number of amides is 2. The van der Waals surface area contributed by atoms with Gasteiger partial charge in [0, 0.05) is 45.0 Å². The van der Waals surface area contributed by atoms with Crippen molar-refractivity contribution in [2.24, 2.45) is 0 Å². The summed E-state index contributed by atoms with van der Waals surface area (Å²) in [5.41, 5.74) is 2.07. The van der Waals surface area contributed by atoms with E-state index in [1.807, 2.05) is 23.1 Å². The summed E-state index contributed by atoms with van der Waals surface area (Å²) in [5.74, 6) is 0.196. The number of aryl methyl sites for hydroxylation is 1. The van der Waals surface area contributed by atoms with E-state index in [1.54, 1.807) is 0 Å². The first-order valence-corrected chi connectivity index (χ1v) is 9.83. The van der Waals surface area contributed by atoms with Crippen LogP contribution < -0.4 is 5.32 Å². The topological polar surface area (TPSA) is 65.1 Å². The van der Waals surface area contributed by atoms with Crippen LogP contribution in [0.15, 0.2) is 24.3 Å². The Balaban J connectivity index is 1.38. The lowest BCUT2D eigenvalue weighted by molar-refractivity contribution is -0.137. The molecule has 0 aliphatic carbocycles. The zero-order valence-electron chi connectivity index (χ0n) is 16.2. The van der Waals surface area contributed by atoms with E-state index in [1.165, 1.54) is 5.56 Å². The SMILES string of the molecule is CCc1cccc(NC(=O)CN2CCN(CC(=O)N3CCOCC3)CC2)c1. The van der Waals surface area contributed by atoms with Gasteiger partial charge in [-0.15, -0.1) is 0 Å². The van der Waals surface area contributed by atoms with Crippen LogP contribution in [0, 0.1) is 0 Å². The van der Waals surface area contributed by atoms with Crippen molar-refractivity contribution in [3.63, 3.8) is 0 Å². The van der Waals surface area contributed by atoms with Crippen LogP contribution in [0.1, 0.15) is 12.5 Å². The number of morpholine rings is 1. The van der Waals surface area contributed by atoms with Crippen molar-refractivity contribution in [1.29, 1.82) is 0 Å². The van der Waals surface area contributed by atoms with Crippen molar-refractivity contribution in [3.05, 3.63) is 29.8 Å². The molecule has 2 aliphatic heterocycles. The first-order valence-electron chi connectivity index (χ1n) is 9.83. The maximum Gasteiger partial charge on any atom is 0.238 e. The zero-order chi connectivity index (χ0) is 19.1. The normalized spacial score (nSPS) is 19.1. The van der Waals surface area contributed by atoms with Gasteiger partial charge in [0.05, 0.1) is 26.3 Å². The summed E-state index contributed by atoms with van der Waals surface area (Å²) < 4.78 is 5.29. The highest BCUT2D eigenvalue weighted by molar-refractivity contribution is 5.92. The largest absolute Gasteiger partial charge is 0.378 e. The van der Waals surface area contributed by atoms with Crippen molar-refractivity contribution in [2.45, 2.75) is 13.3 Å². The monoisotopic (exact) mass is 374 g/mol. The molecular weight excluding hydrogens is 344 g/mol. The number of carbonyl (C=O) groups excluding carboxylic acids is 2. The number of carbonyl (C=O) groups is 2. The number of nitrogens with one attached hydrogen (secondary N) is 1. The van der Waals surface area contributed by atoms with Crippen molar-refractivity contribution in [2.75, 3.05) is 70.9 Å². The molecule has 7 heteroatoms. The van der Waals surface area contributed by atoms with E-state index in [0.29, 0.717) is 39.4 Å². The van der Waals surface area contributed by atoms with Crippen LogP contribution in [-0.4, -0.2) is 92.1 Å². The van der Waals surface area contributed by atoms with E-state index < -0.39 is 0 Å². The Labute approximate surface area is 161 Å². The molecule has 0 radical (unpaired) electrons. The molecule has 0 atom stereocenters. The highest BCUT2D eigenvalue weighted by Crippen LogP contribution is 2.11. The van der Waals surface area contributed by atoms with Gasteiger partial charge in [0.1, 0.15) is 0 Å². The second-order valence-electron chi connectivity index (χ2n) is 7.15. The van der Waals surface area contributed by atoms with Crippen LogP contribution in [0.4, 0.5) is 5.69 Å². The second kappa shape index (κ2) is 9.82. The third kappa shape index (κ3) is 6.02. The van der Waals surface area contributed by atoms with E-state index in [4.69, 9.17) is 4.74 Å². The Morgan fingerprint density at radius 1 is 1.00 bits per heavy atom. The van der Waals surface area contributed by atoms with E-state index in [2.05, 4.69) is 28.1 Å². The highest BCUT2D eigenvalue weighted by atomic mass is 16.5. The van der Waals surface area contributed by atoms with Gasteiger partial charge in [-0.25, -0.2) is 0 Å². The number of piperazine rings is 1. The summed E-state index contributed by atoms with van der Waals surface area (Å²) in [7, 11) is 0. The fourth-order valence-corrected chi connectivity index (χ4v) is 3.48. The molecule has 148 valence electrons. The summed E-state index contributed by atoms with van der Waals surface area (Å²) in [4.78, 5) is 30.8. The van der Waals surface area contributed by atoms with Crippen LogP contribution in [0.3, 0.4) is 0 Å². The summed E-state index contributed by atoms with van der Waals surface area (Å²) in [6.45, 7) is 8.85. The maximum atomic E-state index is 12.3. The van der Waals surface area contributed by atoms with Gasteiger partial charge in [-0.05, 0) is 24.1 Å². The van der Waals surface area contributed by atoms with Crippen LogP contribution >= 0.6 is 0 Å². The first-order chi connectivity index (χ1) is 13.1. The molecule has 0 saturated carbocycles. The molecule has 0 unspecified atom stereocenters. The van der Waals surface area contributed by atoms with Crippen LogP contribution in [0.25, 0.3) is 0 Å². The fraction of sp³-hybridized carbons (Fsp3) is 0.600. The molecule has 2 saturated heterocycles. The van der Waals surface area contributed by atoms with Gasteiger partial charge >= 0.3 is 0 Å². The van der Waals surface area contributed by atoms with Gasteiger partial charge in [-0.1, -0.05) is 19.1 Å². The molecule has 2 fully saturated rings. The molecule has 2 aliphatic rings. The number of hydrogen-bond acceptors (Lipinski definition) is 5. The minimum absolute atomic E-state index is 0.0149. The van der Waals surface area contributed by atoms with Crippen LogP contribution in [-0.2, 0) is 20.7 Å². The lowest BCUT2D eigenvalue weighted by Crippen LogP contribution is -2.52. The third-order valence-corrected chi connectivity index (χ3v) is 5.17. The quantitative estimate of drug-likeness (QED) is 0.793. The minimum Gasteiger partial charge on any atom is -0.378 e. The van der Waals surface area contributed by atoms with Gasteiger partial charge in [0.15, 0.2) is 0 Å². The Morgan fingerprint density at radius 2 is 1.67 bits per heavy atom. The van der Waals surface area contributed by atoms with E-state index >= 15 is 0 Å². The molecule has 7 nitrogen and oxygen atoms in total. The Morgan fingerprint density at radius 3 is 2.33 bits per heavy atom. The summed E-state index contributed by atoms with van der Waals surface area (Å²) in [6.07, 6.45) is 0.953. The Bertz CT molecular complexity index is 638. The fourth-order valence-electron chi connectivity index (χ4n) is 3.48. The number of nitrogens with zero attached hydrogens (tertiary/aromatic N) is 3. The maximum absolute atomic E-state index is 12.3. The van der Waals surface area contributed by atoms with Gasteiger partial charge in [0.25, 0.3) is 0 Å². The third-order valence-electron chi connectivity index (χ3n) is 5.17. The summed E-state index contributed by atoms with van der Waals surface area (Å²) >= 11 is 0. The van der Waals surface area contributed by atoms with Crippen molar-refractivity contribution in [3.8, 4) is 0 Å². The molecule has 1 N–H and O–H groups in total. The molecule has 0 bridgehead atoms. The number of rotatable bonds is 6. The molecular formula is C20H30N4O3. The predicted octanol–water partition coefficient (Wildman–Crippen LogP) is 0.664. The molecule has 1 aromatic carbocycles. The number of ether oxygens (including phenoxy) is 1. The zero-order valence-corrected chi connectivity index (χ0v) is 16.2. The minimum atomic E-state index is 0.0149. The molecule has 0 aromatic heterocycles. The smallest absolute Gasteiger partial charge is 0.238 e. The summed E-state index contributed by atoms with van der Waals surface area (Å²) in [6, 6.07) is 7.98. The molecule has 0 spiro atoms. The molecule has 1 aromatic rings. The number of anilines is 1. The molecule has 3 rings (SSSR count). The summed E-state index contributed by atoms with van der Waals surface area (Å²) in [5, 5.41) is 2.98. The van der Waals surface area contributed by atoms with E-state index in [0.717, 1.165) is 38.3 Å². The average molecular weight is 374 g/mol.